The van der Waals surface area contributed by atoms with E-state index in [4.69, 9.17) is 4.28 Å². The molecule has 0 aromatic carbocycles. The smallest absolute Gasteiger partial charge is 0.315 e. The molecule has 0 aromatic rings. The lowest BCUT2D eigenvalue weighted by molar-refractivity contribution is -0.136. The van der Waals surface area contributed by atoms with Crippen molar-refractivity contribution >= 4 is 24.2 Å². The quantitative estimate of drug-likeness (QED) is 0.208. The monoisotopic (exact) mass is 443 g/mol. The Balaban J connectivity index is 1.86. The fourth-order valence-corrected chi connectivity index (χ4v) is 4.15. The van der Waals surface area contributed by atoms with E-state index in [1.165, 1.54) is 25.1 Å². The number of likely N-dealkylation sites (tertiary alicyclic amines) is 1. The minimum absolute atomic E-state index is 0.00437. The van der Waals surface area contributed by atoms with E-state index in [1.807, 2.05) is 46.6 Å². The predicted molar refractivity (Wildman–Crippen MR) is 121 cm³/mol. The van der Waals surface area contributed by atoms with Crippen LogP contribution in [-0.2, 0) is 9.08 Å². The van der Waals surface area contributed by atoms with Crippen LogP contribution in [0.15, 0.2) is 0 Å². The zero-order chi connectivity index (χ0) is 22.5. The van der Waals surface area contributed by atoms with Crippen LogP contribution in [0.5, 0.6) is 0 Å². The average Bonchev–Trinajstić information content (AvgIpc) is 3.41. The molecule has 30 heavy (non-hydrogen) atoms. The van der Waals surface area contributed by atoms with Crippen LogP contribution in [0.4, 0.5) is 4.79 Å². The second-order valence-corrected chi connectivity index (χ2v) is 11.0. The highest BCUT2D eigenvalue weighted by Crippen LogP contribution is 2.30. The molecule has 1 aliphatic carbocycles. The van der Waals surface area contributed by atoms with Gasteiger partial charge < -0.3 is 15.5 Å². The van der Waals surface area contributed by atoms with Crippen molar-refractivity contribution < 1.29 is 13.9 Å². The summed E-state index contributed by atoms with van der Waals surface area (Å²) in [6.07, 6.45) is 4.47. The van der Waals surface area contributed by atoms with Crippen LogP contribution < -0.4 is 16.1 Å². The van der Waals surface area contributed by atoms with Gasteiger partial charge in [0.2, 0.25) is 5.91 Å². The summed E-state index contributed by atoms with van der Waals surface area (Å²) in [6.45, 7) is 13.4. The standard InChI is InChI=1S/C21H41N5O3S/c1-14(2)17(13-22-29-30-25(7)16-10-11-16)23-20(28)24-18(21(4,5)6)19(27)26-12-8-9-15(26)3/h14-18,22H,8-13H2,1-7H3,(H2,23,24,28). The summed E-state index contributed by atoms with van der Waals surface area (Å²) < 4.78 is 7.57. The van der Waals surface area contributed by atoms with Gasteiger partial charge in [-0.1, -0.05) is 34.6 Å². The largest absolute Gasteiger partial charge is 0.338 e. The van der Waals surface area contributed by atoms with Gasteiger partial charge in [-0.3, -0.25) is 4.79 Å². The van der Waals surface area contributed by atoms with Gasteiger partial charge >= 0.3 is 6.03 Å². The molecule has 0 aromatic heterocycles. The van der Waals surface area contributed by atoms with E-state index in [0.29, 0.717) is 12.6 Å². The Hall–Kier alpha value is -1.03. The summed E-state index contributed by atoms with van der Waals surface area (Å²) in [4.78, 5) is 27.8. The second-order valence-electron chi connectivity index (χ2n) is 10.1. The van der Waals surface area contributed by atoms with Gasteiger partial charge in [-0.05, 0) is 51.0 Å². The van der Waals surface area contributed by atoms with Gasteiger partial charge in [-0.25, -0.2) is 13.4 Å². The maximum absolute atomic E-state index is 13.1. The van der Waals surface area contributed by atoms with Gasteiger partial charge in [0, 0.05) is 31.2 Å². The molecule has 3 unspecified atom stereocenters. The molecule has 9 heteroatoms. The molecule has 3 atom stereocenters. The first-order chi connectivity index (χ1) is 14.0. The molecule has 2 fully saturated rings. The maximum Gasteiger partial charge on any atom is 0.315 e. The van der Waals surface area contributed by atoms with E-state index in [0.717, 1.165) is 19.4 Å². The Labute approximate surface area is 186 Å². The lowest BCUT2D eigenvalue weighted by Gasteiger charge is -2.35. The van der Waals surface area contributed by atoms with Crippen LogP contribution in [0.2, 0.25) is 0 Å². The Morgan fingerprint density at radius 2 is 1.87 bits per heavy atom. The van der Waals surface area contributed by atoms with Crippen LogP contribution in [0.1, 0.15) is 67.2 Å². The Morgan fingerprint density at radius 1 is 1.20 bits per heavy atom. The van der Waals surface area contributed by atoms with Crippen LogP contribution >= 0.6 is 12.2 Å². The molecular weight excluding hydrogens is 402 g/mol. The molecule has 1 saturated heterocycles. The molecule has 2 rings (SSSR count). The molecule has 0 spiro atoms. The van der Waals surface area contributed by atoms with Crippen LogP contribution in [0.25, 0.3) is 0 Å². The summed E-state index contributed by atoms with van der Waals surface area (Å²) in [5.74, 6) is 0.213. The second kappa shape index (κ2) is 11.0. The minimum atomic E-state index is -0.571. The number of amides is 3. The van der Waals surface area contributed by atoms with Crippen molar-refractivity contribution in [1.82, 2.24) is 25.3 Å². The van der Waals surface area contributed by atoms with Crippen molar-refractivity contribution in [3.63, 3.8) is 0 Å². The summed E-state index contributed by atoms with van der Waals surface area (Å²) >= 11 is 1.30. The highest BCUT2D eigenvalue weighted by molar-refractivity contribution is 7.92. The van der Waals surface area contributed by atoms with Gasteiger partial charge in [0.25, 0.3) is 0 Å². The highest BCUT2D eigenvalue weighted by atomic mass is 32.2. The van der Waals surface area contributed by atoms with Gasteiger partial charge in [0.05, 0.1) is 0 Å². The molecule has 3 amide bonds. The fraction of sp³-hybridized carbons (Fsp3) is 0.905. The summed E-state index contributed by atoms with van der Waals surface area (Å²) in [7, 11) is 2.01. The number of hydrogen-bond donors (Lipinski definition) is 3. The number of hydroxylamine groups is 1. The minimum Gasteiger partial charge on any atom is -0.338 e. The van der Waals surface area contributed by atoms with Gasteiger partial charge in [-0.15, -0.1) is 0 Å². The highest BCUT2D eigenvalue weighted by Gasteiger charge is 2.38. The third kappa shape index (κ3) is 7.59. The van der Waals surface area contributed by atoms with E-state index in [-0.39, 0.29) is 35.4 Å². The van der Waals surface area contributed by atoms with Crippen molar-refractivity contribution in [2.24, 2.45) is 11.3 Å². The molecular formula is C21H41N5O3S. The summed E-state index contributed by atoms with van der Waals surface area (Å²) in [5.41, 5.74) is 2.57. The lowest BCUT2D eigenvalue weighted by atomic mass is 9.85. The Kier molecular flexibility index (Phi) is 9.27. The first-order valence-electron chi connectivity index (χ1n) is 11.2. The third-order valence-corrected chi connectivity index (χ3v) is 6.65. The van der Waals surface area contributed by atoms with Gasteiger partial charge in [0.1, 0.15) is 18.3 Å². The Morgan fingerprint density at radius 3 is 2.37 bits per heavy atom. The van der Waals surface area contributed by atoms with E-state index >= 15 is 0 Å². The maximum atomic E-state index is 13.1. The van der Waals surface area contributed by atoms with Crippen molar-refractivity contribution in [3.05, 3.63) is 0 Å². The molecule has 8 nitrogen and oxygen atoms in total. The molecule has 0 radical (unpaired) electrons. The predicted octanol–water partition coefficient (Wildman–Crippen LogP) is 2.91. The third-order valence-electron chi connectivity index (χ3n) is 5.92. The molecule has 3 N–H and O–H groups in total. The van der Waals surface area contributed by atoms with Crippen LogP contribution in [0.3, 0.4) is 0 Å². The zero-order valence-electron chi connectivity index (χ0n) is 19.7. The zero-order valence-corrected chi connectivity index (χ0v) is 20.5. The normalized spacial score (nSPS) is 21.8. The first-order valence-corrected chi connectivity index (χ1v) is 11.9. The molecule has 1 aliphatic heterocycles. The lowest BCUT2D eigenvalue weighted by Crippen LogP contribution is -2.59. The number of nitrogens with zero attached hydrogens (tertiary/aromatic N) is 2. The molecule has 0 bridgehead atoms. The number of urea groups is 1. The number of hydrogen-bond acceptors (Lipinski definition) is 6. The number of carbonyl (C=O) groups excluding carboxylic acids is 2. The number of nitrogens with one attached hydrogen (secondary N) is 3. The molecule has 174 valence electrons. The van der Waals surface area contributed by atoms with Gasteiger partial charge in [0.15, 0.2) is 0 Å². The average molecular weight is 444 g/mol. The van der Waals surface area contributed by atoms with Crippen LogP contribution in [-0.4, -0.2) is 65.4 Å². The fourth-order valence-electron chi connectivity index (χ4n) is 3.58. The van der Waals surface area contributed by atoms with Crippen molar-refractivity contribution in [2.75, 3.05) is 20.1 Å². The van der Waals surface area contributed by atoms with Crippen molar-refractivity contribution in [1.29, 1.82) is 0 Å². The Bertz CT molecular complexity index is 579. The van der Waals surface area contributed by atoms with E-state index in [2.05, 4.69) is 27.3 Å². The van der Waals surface area contributed by atoms with Crippen LogP contribution in [0, 0.1) is 11.3 Å². The summed E-state index contributed by atoms with van der Waals surface area (Å²) in [5, 5.41) is 5.96. The number of rotatable bonds is 10. The first kappa shape index (κ1) is 25.2. The van der Waals surface area contributed by atoms with Crippen molar-refractivity contribution in [3.8, 4) is 0 Å². The van der Waals surface area contributed by atoms with E-state index < -0.39 is 6.04 Å². The summed E-state index contributed by atoms with van der Waals surface area (Å²) in [6, 6.07) is -0.190. The van der Waals surface area contributed by atoms with E-state index in [1.54, 1.807) is 0 Å². The molecule has 2 aliphatic rings. The molecule has 1 saturated carbocycles. The SMILES string of the molecule is CC(C)C(CNOSN(C)C1CC1)NC(=O)NC(C(=O)N1CCCC1C)C(C)(C)C. The number of carbonyl (C=O) groups is 2. The van der Waals surface area contributed by atoms with Gasteiger partial charge in [-0.2, -0.15) is 5.48 Å². The van der Waals surface area contributed by atoms with Crippen molar-refractivity contribution in [2.45, 2.75) is 91.4 Å². The topological polar surface area (TPSA) is 85.9 Å². The van der Waals surface area contributed by atoms with E-state index in [9.17, 15) is 9.59 Å². The molecule has 1 heterocycles.